The zero-order valence-corrected chi connectivity index (χ0v) is 17.2. The van der Waals surface area contributed by atoms with Crippen LogP contribution >= 0.6 is 0 Å². The van der Waals surface area contributed by atoms with Crippen molar-refractivity contribution in [3.05, 3.63) is 24.3 Å². The Morgan fingerprint density at radius 3 is 2.26 bits per heavy atom. The van der Waals surface area contributed by atoms with E-state index in [1.807, 2.05) is 0 Å². The van der Waals surface area contributed by atoms with Crippen molar-refractivity contribution in [2.24, 2.45) is 0 Å². The predicted octanol–water partition coefficient (Wildman–Crippen LogP) is -0.599. The van der Waals surface area contributed by atoms with Crippen LogP contribution in [0.25, 0.3) is 0 Å². The lowest BCUT2D eigenvalue weighted by Crippen LogP contribution is -3.15. The minimum atomic E-state index is -3.46. The third kappa shape index (κ3) is 5.27. The van der Waals surface area contributed by atoms with Gasteiger partial charge in [0, 0.05) is 32.9 Å². The number of hydrogen-bond acceptors (Lipinski definition) is 4. The summed E-state index contributed by atoms with van der Waals surface area (Å²) in [5, 5.41) is 2.78. The van der Waals surface area contributed by atoms with E-state index in [-0.39, 0.29) is 23.3 Å². The lowest BCUT2D eigenvalue weighted by Gasteiger charge is -2.22. The van der Waals surface area contributed by atoms with Gasteiger partial charge in [-0.15, -0.1) is 0 Å². The molecule has 0 aliphatic carbocycles. The molecule has 27 heavy (non-hydrogen) atoms. The summed E-state index contributed by atoms with van der Waals surface area (Å²) in [6.07, 6.45) is 1.77. The lowest BCUT2D eigenvalue weighted by atomic mass is 10.2. The van der Waals surface area contributed by atoms with Crippen LogP contribution in [-0.4, -0.2) is 76.3 Å². The normalized spacial score (nSPS) is 17.3. The molecule has 1 aliphatic heterocycles. The summed E-state index contributed by atoms with van der Waals surface area (Å²) < 4.78 is 26.5. The SMILES string of the molecule is C[C@@H](C(=O)Nc1ccc(S(=O)(=O)N2CCCC2)cc1)[NH+](C)CC(=O)N(C)C. The van der Waals surface area contributed by atoms with Crippen LogP contribution in [0.1, 0.15) is 19.8 Å². The lowest BCUT2D eigenvalue weighted by molar-refractivity contribution is -0.886. The fraction of sp³-hybridized carbons (Fsp3) is 0.556. The Morgan fingerprint density at radius 1 is 1.19 bits per heavy atom. The number of quaternary nitrogens is 1. The first kappa shape index (κ1) is 21.3. The van der Waals surface area contributed by atoms with E-state index in [1.165, 1.54) is 21.3 Å². The molecular weight excluding hydrogens is 368 g/mol. The van der Waals surface area contributed by atoms with Crippen LogP contribution in [0.5, 0.6) is 0 Å². The first-order chi connectivity index (χ1) is 12.6. The van der Waals surface area contributed by atoms with Crippen LogP contribution in [0.3, 0.4) is 0 Å². The largest absolute Gasteiger partial charge is 0.344 e. The van der Waals surface area contributed by atoms with Gasteiger partial charge in [0.2, 0.25) is 10.0 Å². The third-order valence-corrected chi connectivity index (χ3v) is 6.80. The highest BCUT2D eigenvalue weighted by Gasteiger charge is 2.27. The number of carbonyl (C=O) groups excluding carboxylic acids is 2. The number of rotatable bonds is 7. The van der Waals surface area contributed by atoms with Crippen molar-refractivity contribution in [1.29, 1.82) is 0 Å². The summed E-state index contributed by atoms with van der Waals surface area (Å²) in [5.74, 6) is -0.280. The highest BCUT2D eigenvalue weighted by Crippen LogP contribution is 2.22. The minimum absolute atomic E-state index is 0.0522. The molecule has 0 spiro atoms. The Morgan fingerprint density at radius 2 is 1.74 bits per heavy atom. The first-order valence-corrected chi connectivity index (χ1v) is 10.5. The number of benzene rings is 1. The van der Waals surface area contributed by atoms with Crippen molar-refractivity contribution in [3.63, 3.8) is 0 Å². The number of sulfonamides is 1. The van der Waals surface area contributed by atoms with E-state index in [0.29, 0.717) is 18.8 Å². The molecule has 2 amide bonds. The number of likely N-dealkylation sites (N-methyl/N-ethyl adjacent to an activating group) is 2. The molecule has 1 aliphatic rings. The molecule has 1 heterocycles. The molecule has 8 nitrogen and oxygen atoms in total. The quantitative estimate of drug-likeness (QED) is 0.643. The van der Waals surface area contributed by atoms with E-state index < -0.39 is 16.1 Å². The summed E-state index contributed by atoms with van der Waals surface area (Å²) in [5.41, 5.74) is 0.527. The van der Waals surface area contributed by atoms with Crippen molar-refractivity contribution in [2.75, 3.05) is 46.1 Å². The first-order valence-electron chi connectivity index (χ1n) is 9.06. The second-order valence-corrected chi connectivity index (χ2v) is 9.10. The molecule has 2 N–H and O–H groups in total. The molecule has 9 heteroatoms. The zero-order valence-electron chi connectivity index (χ0n) is 16.4. The average Bonchev–Trinajstić information content (AvgIpc) is 3.16. The second kappa shape index (κ2) is 8.81. The fourth-order valence-electron chi connectivity index (χ4n) is 2.81. The van der Waals surface area contributed by atoms with E-state index in [4.69, 9.17) is 0 Å². The molecule has 1 aromatic rings. The Hall–Kier alpha value is -1.97. The molecule has 0 aromatic heterocycles. The standard InChI is InChI=1S/C18H28N4O4S/c1-14(21(4)13-17(23)20(2)3)18(24)19-15-7-9-16(10-8-15)27(25,26)22-11-5-6-12-22/h7-10,14H,5-6,11-13H2,1-4H3,(H,19,24)/p+1/t14-/m0/s1. The summed E-state index contributed by atoms with van der Waals surface area (Å²) in [6.45, 7) is 3.08. The summed E-state index contributed by atoms with van der Waals surface area (Å²) in [4.78, 5) is 26.7. The van der Waals surface area contributed by atoms with Crippen LogP contribution in [0, 0.1) is 0 Å². The molecule has 1 fully saturated rings. The maximum atomic E-state index is 12.5. The maximum Gasteiger partial charge on any atom is 0.282 e. The molecule has 1 saturated heterocycles. The molecule has 0 radical (unpaired) electrons. The molecule has 0 saturated carbocycles. The Labute approximate surface area is 161 Å². The van der Waals surface area contributed by atoms with E-state index >= 15 is 0 Å². The molecule has 150 valence electrons. The van der Waals surface area contributed by atoms with E-state index in [1.54, 1.807) is 40.2 Å². The van der Waals surface area contributed by atoms with Crippen LogP contribution in [0.2, 0.25) is 0 Å². The van der Waals surface area contributed by atoms with Gasteiger partial charge in [-0.25, -0.2) is 8.42 Å². The van der Waals surface area contributed by atoms with Crippen molar-refractivity contribution >= 4 is 27.5 Å². The summed E-state index contributed by atoms with van der Waals surface area (Å²) in [7, 11) is 1.69. The van der Waals surface area contributed by atoms with Crippen molar-refractivity contribution in [3.8, 4) is 0 Å². The number of nitrogens with zero attached hydrogens (tertiary/aromatic N) is 2. The number of amides is 2. The maximum absolute atomic E-state index is 12.5. The highest BCUT2D eigenvalue weighted by atomic mass is 32.2. The van der Waals surface area contributed by atoms with Gasteiger partial charge in [-0.05, 0) is 44.0 Å². The van der Waals surface area contributed by atoms with Gasteiger partial charge in [0.25, 0.3) is 11.8 Å². The van der Waals surface area contributed by atoms with Gasteiger partial charge < -0.3 is 15.1 Å². The van der Waals surface area contributed by atoms with Gasteiger partial charge in [0.15, 0.2) is 12.6 Å². The number of anilines is 1. The molecule has 2 atom stereocenters. The number of carbonyl (C=O) groups is 2. The van der Waals surface area contributed by atoms with Gasteiger partial charge in [0.1, 0.15) is 0 Å². The van der Waals surface area contributed by atoms with E-state index in [2.05, 4.69) is 5.32 Å². The highest BCUT2D eigenvalue weighted by molar-refractivity contribution is 7.89. The van der Waals surface area contributed by atoms with Crippen molar-refractivity contribution < 1.29 is 22.9 Å². The van der Waals surface area contributed by atoms with Crippen LogP contribution in [0.15, 0.2) is 29.2 Å². The second-order valence-electron chi connectivity index (χ2n) is 7.16. The Balaban J connectivity index is 1.99. The number of nitrogens with one attached hydrogen (secondary N) is 2. The Bertz CT molecular complexity index is 771. The Kier molecular flexibility index (Phi) is 6.96. The minimum Gasteiger partial charge on any atom is -0.344 e. The third-order valence-electron chi connectivity index (χ3n) is 4.89. The summed E-state index contributed by atoms with van der Waals surface area (Å²) in [6, 6.07) is 5.78. The molecule has 1 aromatic carbocycles. The topological polar surface area (TPSA) is 91.2 Å². The zero-order chi connectivity index (χ0) is 20.2. The van der Waals surface area contributed by atoms with Gasteiger partial charge in [-0.2, -0.15) is 4.31 Å². The van der Waals surface area contributed by atoms with Gasteiger partial charge >= 0.3 is 0 Å². The fourth-order valence-corrected chi connectivity index (χ4v) is 4.33. The van der Waals surface area contributed by atoms with Crippen molar-refractivity contribution in [1.82, 2.24) is 9.21 Å². The molecule has 2 rings (SSSR count). The summed E-state index contributed by atoms with van der Waals surface area (Å²) >= 11 is 0. The van der Waals surface area contributed by atoms with E-state index in [9.17, 15) is 18.0 Å². The van der Waals surface area contributed by atoms with E-state index in [0.717, 1.165) is 17.7 Å². The predicted molar refractivity (Wildman–Crippen MR) is 103 cm³/mol. The monoisotopic (exact) mass is 397 g/mol. The molecule has 1 unspecified atom stereocenters. The van der Waals surface area contributed by atoms with Crippen molar-refractivity contribution in [2.45, 2.75) is 30.7 Å². The van der Waals surface area contributed by atoms with Crippen LogP contribution < -0.4 is 10.2 Å². The smallest absolute Gasteiger partial charge is 0.282 e. The van der Waals surface area contributed by atoms with Gasteiger partial charge in [-0.1, -0.05) is 0 Å². The molecule has 0 bridgehead atoms. The van der Waals surface area contributed by atoms with Gasteiger partial charge in [0.05, 0.1) is 11.9 Å². The average molecular weight is 398 g/mol. The molecular formula is C18H29N4O4S+. The van der Waals surface area contributed by atoms with Crippen LogP contribution in [-0.2, 0) is 19.6 Å². The van der Waals surface area contributed by atoms with Gasteiger partial charge in [-0.3, -0.25) is 9.59 Å². The van der Waals surface area contributed by atoms with Crippen LogP contribution in [0.4, 0.5) is 5.69 Å². The number of hydrogen-bond donors (Lipinski definition) is 2.